The molecule has 0 spiro atoms. The number of hydrogen-bond donors (Lipinski definition) is 2. The minimum absolute atomic E-state index is 0.0893. The summed E-state index contributed by atoms with van der Waals surface area (Å²) >= 11 is 1.36. The summed E-state index contributed by atoms with van der Waals surface area (Å²) in [6, 6.07) is 5.42. The number of rotatable bonds is 2. The van der Waals surface area contributed by atoms with E-state index in [0.29, 0.717) is 10.3 Å². The number of carbonyl (C=O) groups excluding carboxylic acids is 1. The maximum atomic E-state index is 13.9. The number of nitrogens with two attached hydrogens (primary N) is 1. The predicted molar refractivity (Wildman–Crippen MR) is 84.2 cm³/mol. The molecule has 1 aliphatic rings. The van der Waals surface area contributed by atoms with Gasteiger partial charge >= 0.3 is 0 Å². The molecule has 3 nitrogen and oxygen atoms in total. The van der Waals surface area contributed by atoms with Gasteiger partial charge in [0, 0.05) is 22.2 Å². The first-order valence-corrected chi connectivity index (χ1v) is 8.12. The highest BCUT2D eigenvalue weighted by molar-refractivity contribution is 7.21. The van der Waals surface area contributed by atoms with Gasteiger partial charge < -0.3 is 11.1 Å². The molecule has 1 amide bonds. The lowest BCUT2D eigenvalue weighted by Crippen LogP contribution is -2.40. The van der Waals surface area contributed by atoms with Crippen molar-refractivity contribution >= 4 is 27.3 Å². The lowest BCUT2D eigenvalue weighted by molar-refractivity contribution is 0.0929. The summed E-state index contributed by atoms with van der Waals surface area (Å²) in [6.45, 7) is 1.81. The summed E-state index contributed by atoms with van der Waals surface area (Å²) in [5, 5.41) is 3.64. The Morgan fingerprint density at radius 1 is 1.33 bits per heavy atom. The molecule has 0 aliphatic heterocycles. The van der Waals surface area contributed by atoms with Crippen LogP contribution in [0.3, 0.4) is 0 Å². The molecule has 1 aromatic heterocycles. The molecule has 0 unspecified atom stereocenters. The topological polar surface area (TPSA) is 55.1 Å². The van der Waals surface area contributed by atoms with Crippen molar-refractivity contribution in [1.29, 1.82) is 0 Å². The number of amides is 1. The van der Waals surface area contributed by atoms with E-state index in [1.807, 2.05) is 13.0 Å². The SMILES string of the molecule is Cc1c(C(=O)NC2CCC(N)CC2)sc2cccc(F)c12. The molecule has 3 N–H and O–H groups in total. The van der Waals surface area contributed by atoms with E-state index in [-0.39, 0.29) is 23.8 Å². The fourth-order valence-electron chi connectivity index (χ4n) is 2.98. The van der Waals surface area contributed by atoms with Gasteiger partial charge in [-0.1, -0.05) is 6.07 Å². The molecule has 1 fully saturated rings. The van der Waals surface area contributed by atoms with Crippen LogP contribution in [0.4, 0.5) is 4.39 Å². The number of aryl methyl sites for hydroxylation is 1. The summed E-state index contributed by atoms with van der Waals surface area (Å²) in [4.78, 5) is 13.1. The van der Waals surface area contributed by atoms with Gasteiger partial charge in [0.1, 0.15) is 5.82 Å². The van der Waals surface area contributed by atoms with E-state index in [1.165, 1.54) is 17.4 Å². The highest BCUT2D eigenvalue weighted by Crippen LogP contribution is 2.32. The van der Waals surface area contributed by atoms with Crippen molar-refractivity contribution in [3.8, 4) is 0 Å². The molecule has 112 valence electrons. The third-order valence-corrected chi connectivity index (χ3v) is 5.47. The molecule has 0 atom stereocenters. The number of nitrogens with one attached hydrogen (secondary N) is 1. The van der Waals surface area contributed by atoms with E-state index in [0.717, 1.165) is 35.9 Å². The van der Waals surface area contributed by atoms with Gasteiger partial charge in [0.05, 0.1) is 4.88 Å². The number of carbonyl (C=O) groups is 1. The largest absolute Gasteiger partial charge is 0.349 e. The average Bonchev–Trinajstić information content (AvgIpc) is 2.80. The summed E-state index contributed by atoms with van der Waals surface area (Å²) in [7, 11) is 0. The lowest BCUT2D eigenvalue weighted by atomic mass is 9.92. The van der Waals surface area contributed by atoms with E-state index < -0.39 is 0 Å². The monoisotopic (exact) mass is 306 g/mol. The zero-order valence-electron chi connectivity index (χ0n) is 12.0. The highest BCUT2D eigenvalue weighted by Gasteiger charge is 2.23. The zero-order valence-corrected chi connectivity index (χ0v) is 12.8. The van der Waals surface area contributed by atoms with Crippen LogP contribution in [0.25, 0.3) is 10.1 Å². The van der Waals surface area contributed by atoms with E-state index in [2.05, 4.69) is 5.32 Å². The van der Waals surface area contributed by atoms with E-state index in [4.69, 9.17) is 5.73 Å². The summed E-state index contributed by atoms with van der Waals surface area (Å²) in [6.07, 6.45) is 3.74. The number of halogens is 1. The molecule has 0 radical (unpaired) electrons. The van der Waals surface area contributed by atoms with Gasteiger partial charge in [-0.2, -0.15) is 0 Å². The van der Waals surface area contributed by atoms with Crippen LogP contribution in [-0.4, -0.2) is 18.0 Å². The third kappa shape index (κ3) is 2.80. The van der Waals surface area contributed by atoms with E-state index in [9.17, 15) is 9.18 Å². The molecule has 21 heavy (non-hydrogen) atoms. The Hall–Kier alpha value is -1.46. The second-order valence-electron chi connectivity index (χ2n) is 5.75. The Bertz CT molecular complexity index is 674. The molecule has 1 saturated carbocycles. The smallest absolute Gasteiger partial charge is 0.261 e. The number of benzene rings is 1. The van der Waals surface area contributed by atoms with Crippen LogP contribution in [0.2, 0.25) is 0 Å². The van der Waals surface area contributed by atoms with Gasteiger partial charge in [0.2, 0.25) is 0 Å². The Labute approximate surface area is 127 Å². The van der Waals surface area contributed by atoms with Gasteiger partial charge in [-0.25, -0.2) is 4.39 Å². The van der Waals surface area contributed by atoms with Crippen molar-refractivity contribution in [2.45, 2.75) is 44.7 Å². The highest BCUT2D eigenvalue weighted by atomic mass is 32.1. The first kappa shape index (κ1) is 14.5. The first-order valence-electron chi connectivity index (χ1n) is 7.30. The van der Waals surface area contributed by atoms with Gasteiger partial charge in [-0.05, 0) is 50.3 Å². The molecular formula is C16H19FN2OS. The predicted octanol–water partition coefficient (Wildman–Crippen LogP) is 3.35. The quantitative estimate of drug-likeness (QED) is 0.894. The Kier molecular flexibility index (Phi) is 3.95. The second kappa shape index (κ2) is 5.73. The van der Waals surface area contributed by atoms with Crippen molar-refractivity contribution in [2.24, 2.45) is 5.73 Å². The van der Waals surface area contributed by atoms with Crippen LogP contribution in [0.5, 0.6) is 0 Å². The summed E-state index contributed by atoms with van der Waals surface area (Å²) in [5.74, 6) is -0.350. The molecule has 5 heteroatoms. The van der Waals surface area contributed by atoms with Crippen LogP contribution in [0.15, 0.2) is 18.2 Å². The number of thiophene rings is 1. The summed E-state index contributed by atoms with van der Waals surface area (Å²) < 4.78 is 14.7. The van der Waals surface area contributed by atoms with Gasteiger partial charge in [0.15, 0.2) is 0 Å². The minimum atomic E-state index is -0.260. The van der Waals surface area contributed by atoms with Crippen molar-refractivity contribution in [3.63, 3.8) is 0 Å². The van der Waals surface area contributed by atoms with E-state index >= 15 is 0 Å². The van der Waals surface area contributed by atoms with Crippen LogP contribution >= 0.6 is 11.3 Å². The minimum Gasteiger partial charge on any atom is -0.349 e. The Morgan fingerprint density at radius 3 is 2.71 bits per heavy atom. The number of hydrogen-bond acceptors (Lipinski definition) is 3. The Balaban J connectivity index is 1.82. The maximum absolute atomic E-state index is 13.9. The van der Waals surface area contributed by atoms with Crippen LogP contribution < -0.4 is 11.1 Å². The zero-order chi connectivity index (χ0) is 15.0. The van der Waals surface area contributed by atoms with Crippen molar-refractivity contribution in [2.75, 3.05) is 0 Å². The molecule has 2 aromatic rings. The molecule has 1 aliphatic carbocycles. The normalized spacial score (nSPS) is 22.4. The second-order valence-corrected chi connectivity index (χ2v) is 6.81. The fourth-order valence-corrected chi connectivity index (χ4v) is 4.11. The molecule has 3 rings (SSSR count). The maximum Gasteiger partial charge on any atom is 0.261 e. The third-order valence-electron chi connectivity index (χ3n) is 4.22. The van der Waals surface area contributed by atoms with Gasteiger partial charge in [0.25, 0.3) is 5.91 Å². The van der Waals surface area contributed by atoms with Gasteiger partial charge in [-0.3, -0.25) is 4.79 Å². The molecular weight excluding hydrogens is 287 g/mol. The van der Waals surface area contributed by atoms with Gasteiger partial charge in [-0.15, -0.1) is 11.3 Å². The van der Waals surface area contributed by atoms with Crippen LogP contribution in [0, 0.1) is 12.7 Å². The molecule has 1 aromatic carbocycles. The number of fused-ring (bicyclic) bond motifs is 1. The average molecular weight is 306 g/mol. The van der Waals surface area contributed by atoms with Crippen molar-refractivity contribution < 1.29 is 9.18 Å². The van der Waals surface area contributed by atoms with Crippen LogP contribution in [0.1, 0.15) is 40.9 Å². The standard InChI is InChI=1S/C16H19FN2OS/c1-9-14-12(17)3-2-4-13(14)21-15(9)16(20)19-11-7-5-10(18)6-8-11/h2-4,10-11H,5-8,18H2,1H3,(H,19,20). The summed E-state index contributed by atoms with van der Waals surface area (Å²) in [5.41, 5.74) is 6.61. The van der Waals surface area contributed by atoms with Crippen molar-refractivity contribution in [1.82, 2.24) is 5.32 Å². The van der Waals surface area contributed by atoms with Crippen LogP contribution in [-0.2, 0) is 0 Å². The fraction of sp³-hybridized carbons (Fsp3) is 0.438. The Morgan fingerprint density at radius 2 is 2.05 bits per heavy atom. The van der Waals surface area contributed by atoms with Crippen molar-refractivity contribution in [3.05, 3.63) is 34.5 Å². The molecule has 0 saturated heterocycles. The van der Waals surface area contributed by atoms with E-state index in [1.54, 1.807) is 6.07 Å². The molecule has 0 bridgehead atoms. The lowest BCUT2D eigenvalue weighted by Gasteiger charge is -2.26. The molecule has 1 heterocycles. The first-order chi connectivity index (χ1) is 10.1.